The van der Waals surface area contributed by atoms with Crippen LogP contribution in [0.2, 0.25) is 0 Å². The van der Waals surface area contributed by atoms with Crippen LogP contribution in [0.5, 0.6) is 0 Å². The van der Waals surface area contributed by atoms with Gasteiger partial charge in [-0.3, -0.25) is 19.3 Å². The van der Waals surface area contributed by atoms with Gasteiger partial charge in [-0.15, -0.1) is 0 Å². The van der Waals surface area contributed by atoms with Crippen LogP contribution in [0.15, 0.2) is 53.0 Å². The number of likely N-dealkylation sites (N-methyl/N-ethyl adjacent to an activating group) is 1. The average molecular weight is 399 g/mol. The number of carbonyl (C=O) groups excluding carboxylic acids is 3. The molecule has 4 rings (SSSR count). The summed E-state index contributed by atoms with van der Waals surface area (Å²) in [7, 11) is 1.68. The van der Waals surface area contributed by atoms with Crippen LogP contribution < -0.4 is 4.90 Å². The molecule has 1 fully saturated rings. The van der Waals surface area contributed by atoms with Gasteiger partial charge in [0.05, 0.1) is 0 Å². The van der Waals surface area contributed by atoms with Crippen molar-refractivity contribution in [2.24, 2.45) is 0 Å². The highest BCUT2D eigenvalue weighted by Gasteiger charge is 2.64. The standard InChI is InChI=1S/C19H15BrN2O3/c1-21-16-5-3-2-4-14(16)19(18(21)25)15(10-17(24)22(19)11-23)12-6-8-13(20)9-7-12/h2-9,11,15H,10H2,1H3/t15-,19+/m0/s1. The van der Waals surface area contributed by atoms with E-state index in [0.29, 0.717) is 12.0 Å². The normalized spacial score (nSPS) is 25.0. The van der Waals surface area contributed by atoms with Gasteiger partial charge in [0.2, 0.25) is 12.3 Å². The van der Waals surface area contributed by atoms with Crippen LogP contribution in [0.3, 0.4) is 0 Å². The fraction of sp³-hybridized carbons (Fsp3) is 0.211. The molecule has 0 aromatic heterocycles. The van der Waals surface area contributed by atoms with E-state index >= 15 is 0 Å². The van der Waals surface area contributed by atoms with Gasteiger partial charge in [0, 0.05) is 35.1 Å². The number of hydrogen-bond donors (Lipinski definition) is 0. The second-order valence-corrected chi connectivity index (χ2v) is 7.24. The fourth-order valence-electron chi connectivity index (χ4n) is 4.12. The highest BCUT2D eigenvalue weighted by Crippen LogP contribution is 2.56. The predicted octanol–water partition coefficient (Wildman–Crippen LogP) is 2.79. The molecule has 2 atom stereocenters. The molecule has 0 aliphatic carbocycles. The summed E-state index contributed by atoms with van der Waals surface area (Å²) in [5, 5.41) is 0. The van der Waals surface area contributed by atoms with Crippen LogP contribution in [0.25, 0.3) is 0 Å². The first-order chi connectivity index (χ1) is 12.0. The third-order valence-electron chi connectivity index (χ3n) is 5.22. The molecule has 0 bridgehead atoms. The van der Waals surface area contributed by atoms with Crippen molar-refractivity contribution in [3.05, 3.63) is 64.1 Å². The Morgan fingerprint density at radius 1 is 1.12 bits per heavy atom. The van der Waals surface area contributed by atoms with Crippen molar-refractivity contribution in [2.45, 2.75) is 17.9 Å². The Hall–Kier alpha value is -2.47. The minimum Gasteiger partial charge on any atom is -0.313 e. The molecule has 2 aromatic rings. The molecule has 5 nitrogen and oxygen atoms in total. The van der Waals surface area contributed by atoms with E-state index in [-0.39, 0.29) is 18.2 Å². The quantitative estimate of drug-likeness (QED) is 0.730. The van der Waals surface area contributed by atoms with Gasteiger partial charge in [0.25, 0.3) is 5.91 Å². The highest BCUT2D eigenvalue weighted by molar-refractivity contribution is 9.10. The van der Waals surface area contributed by atoms with Gasteiger partial charge in [-0.25, -0.2) is 0 Å². The molecule has 6 heteroatoms. The number of hydrogen-bond acceptors (Lipinski definition) is 3. The Kier molecular flexibility index (Phi) is 3.54. The summed E-state index contributed by atoms with van der Waals surface area (Å²) in [6, 6.07) is 14.9. The second kappa shape index (κ2) is 5.52. The van der Waals surface area contributed by atoms with E-state index in [0.717, 1.165) is 20.6 Å². The summed E-state index contributed by atoms with van der Waals surface area (Å²) >= 11 is 3.40. The number of amides is 3. The monoisotopic (exact) mass is 398 g/mol. The molecule has 25 heavy (non-hydrogen) atoms. The first-order valence-corrected chi connectivity index (χ1v) is 8.71. The maximum Gasteiger partial charge on any atom is 0.258 e. The summed E-state index contributed by atoms with van der Waals surface area (Å²) in [4.78, 5) is 40.3. The molecule has 0 unspecified atom stereocenters. The molecule has 2 aromatic carbocycles. The zero-order valence-electron chi connectivity index (χ0n) is 13.5. The van der Waals surface area contributed by atoms with Crippen molar-refractivity contribution in [3.63, 3.8) is 0 Å². The van der Waals surface area contributed by atoms with Gasteiger partial charge >= 0.3 is 0 Å². The van der Waals surface area contributed by atoms with E-state index < -0.39 is 11.5 Å². The first kappa shape index (κ1) is 16.0. The molecule has 1 spiro atoms. The van der Waals surface area contributed by atoms with Gasteiger partial charge < -0.3 is 4.90 Å². The lowest BCUT2D eigenvalue weighted by Crippen LogP contribution is -2.52. The van der Waals surface area contributed by atoms with Crippen molar-refractivity contribution in [1.82, 2.24) is 4.90 Å². The van der Waals surface area contributed by atoms with Crippen LogP contribution in [0.4, 0.5) is 5.69 Å². The molecule has 1 saturated heterocycles. The molecule has 0 N–H and O–H groups in total. The Bertz CT molecular complexity index is 896. The zero-order chi connectivity index (χ0) is 17.8. The minimum absolute atomic E-state index is 0.119. The largest absolute Gasteiger partial charge is 0.313 e. The number of carbonyl (C=O) groups is 3. The van der Waals surface area contributed by atoms with Gasteiger partial charge in [0.15, 0.2) is 5.54 Å². The minimum atomic E-state index is -1.31. The Labute approximate surface area is 153 Å². The first-order valence-electron chi connectivity index (χ1n) is 7.92. The molecule has 2 aliphatic heterocycles. The summed E-state index contributed by atoms with van der Waals surface area (Å²) < 4.78 is 0.914. The van der Waals surface area contributed by atoms with Crippen LogP contribution in [0, 0.1) is 0 Å². The molecule has 0 saturated carbocycles. The maximum absolute atomic E-state index is 13.3. The molecular weight excluding hydrogens is 384 g/mol. The molecule has 3 amide bonds. The van der Waals surface area contributed by atoms with Crippen molar-refractivity contribution in [3.8, 4) is 0 Å². The van der Waals surface area contributed by atoms with Crippen molar-refractivity contribution in [1.29, 1.82) is 0 Å². The maximum atomic E-state index is 13.3. The second-order valence-electron chi connectivity index (χ2n) is 6.33. The van der Waals surface area contributed by atoms with Crippen LogP contribution in [-0.2, 0) is 19.9 Å². The fourth-order valence-corrected chi connectivity index (χ4v) is 4.38. The number of likely N-dealkylation sites (tertiary alicyclic amines) is 1. The van der Waals surface area contributed by atoms with Crippen LogP contribution in [0.1, 0.15) is 23.5 Å². The average Bonchev–Trinajstić information content (AvgIpc) is 3.04. The topological polar surface area (TPSA) is 57.7 Å². The Morgan fingerprint density at radius 2 is 1.80 bits per heavy atom. The number of rotatable bonds is 2. The van der Waals surface area contributed by atoms with Crippen molar-refractivity contribution in [2.75, 3.05) is 11.9 Å². The van der Waals surface area contributed by atoms with Gasteiger partial charge in [0.1, 0.15) is 0 Å². The molecule has 0 radical (unpaired) electrons. The number of benzene rings is 2. The summed E-state index contributed by atoms with van der Waals surface area (Å²) in [5.41, 5.74) is 0.988. The van der Waals surface area contributed by atoms with E-state index in [1.54, 1.807) is 7.05 Å². The number of anilines is 1. The number of halogens is 1. The number of para-hydroxylation sites is 1. The molecule has 2 aliphatic rings. The third-order valence-corrected chi connectivity index (χ3v) is 5.74. The smallest absolute Gasteiger partial charge is 0.258 e. The van der Waals surface area contributed by atoms with Crippen molar-refractivity contribution >= 4 is 39.8 Å². The van der Waals surface area contributed by atoms with E-state index in [2.05, 4.69) is 15.9 Å². The lowest BCUT2D eigenvalue weighted by Gasteiger charge is -2.34. The lowest BCUT2D eigenvalue weighted by molar-refractivity contribution is -0.146. The Balaban J connectivity index is 2.00. The SMILES string of the molecule is CN1C(=O)[C@@]2(c3ccccc31)[C@H](c1ccc(Br)cc1)CC(=O)N2C=O. The zero-order valence-corrected chi connectivity index (χ0v) is 15.1. The van der Waals surface area contributed by atoms with Crippen molar-refractivity contribution < 1.29 is 14.4 Å². The number of fused-ring (bicyclic) bond motifs is 2. The van der Waals surface area contributed by atoms with E-state index in [1.165, 1.54) is 4.90 Å². The predicted molar refractivity (Wildman–Crippen MR) is 95.9 cm³/mol. The highest BCUT2D eigenvalue weighted by atomic mass is 79.9. The number of nitrogens with zero attached hydrogens (tertiary/aromatic N) is 2. The molecule has 2 heterocycles. The van der Waals surface area contributed by atoms with Gasteiger partial charge in [-0.2, -0.15) is 0 Å². The van der Waals surface area contributed by atoms with Gasteiger partial charge in [-0.05, 0) is 23.8 Å². The summed E-state index contributed by atoms with van der Waals surface area (Å²) in [6.07, 6.45) is 0.614. The number of imide groups is 1. The molecule has 126 valence electrons. The third kappa shape index (κ3) is 1.97. The lowest BCUT2D eigenvalue weighted by atomic mass is 9.76. The summed E-state index contributed by atoms with van der Waals surface area (Å²) in [5.74, 6) is -1.00. The Morgan fingerprint density at radius 3 is 2.48 bits per heavy atom. The van der Waals surface area contributed by atoms with E-state index in [1.807, 2.05) is 48.5 Å². The summed E-state index contributed by atoms with van der Waals surface area (Å²) in [6.45, 7) is 0. The molecular formula is C19H15BrN2O3. The van der Waals surface area contributed by atoms with E-state index in [4.69, 9.17) is 0 Å². The van der Waals surface area contributed by atoms with Crippen LogP contribution >= 0.6 is 15.9 Å². The van der Waals surface area contributed by atoms with Crippen LogP contribution in [-0.4, -0.2) is 30.2 Å². The van der Waals surface area contributed by atoms with Gasteiger partial charge in [-0.1, -0.05) is 46.3 Å². The van der Waals surface area contributed by atoms with E-state index in [9.17, 15) is 14.4 Å².